The molecule has 0 aliphatic carbocycles. The third-order valence-electron chi connectivity index (χ3n) is 8.69. The maximum atomic E-state index is 12.2. The highest BCUT2D eigenvalue weighted by atomic mass is 16.3. The predicted molar refractivity (Wildman–Crippen MR) is 189 cm³/mol. The van der Waals surface area contributed by atoms with Gasteiger partial charge in [0.2, 0.25) is 5.91 Å². The number of unbranched alkanes of at least 4 members (excludes halogenated alkanes) is 25. The Kier molecular flexibility index (Phi) is 34.4. The van der Waals surface area contributed by atoms with Gasteiger partial charge in [0.1, 0.15) is 0 Å². The number of aliphatic hydroxyl groups excluding tert-OH is 2. The average Bonchev–Trinajstić information content (AvgIpc) is 3.01. The molecule has 0 aromatic rings. The normalized spacial score (nSPS) is 13.3. The van der Waals surface area contributed by atoms with Crippen LogP contribution in [0.15, 0.2) is 24.3 Å². The van der Waals surface area contributed by atoms with Gasteiger partial charge in [-0.2, -0.15) is 0 Å². The fourth-order valence-corrected chi connectivity index (χ4v) is 5.72. The first-order valence-electron chi connectivity index (χ1n) is 19.1. The lowest BCUT2D eigenvalue weighted by Crippen LogP contribution is -2.45. The zero-order valence-corrected chi connectivity index (χ0v) is 29.0. The molecule has 1 amide bonds. The molecule has 2 atom stereocenters. The van der Waals surface area contributed by atoms with E-state index in [2.05, 4.69) is 31.3 Å². The van der Waals surface area contributed by atoms with Crippen molar-refractivity contribution in [3.05, 3.63) is 24.3 Å². The van der Waals surface area contributed by atoms with Gasteiger partial charge in [-0.25, -0.2) is 0 Å². The summed E-state index contributed by atoms with van der Waals surface area (Å²) in [5.74, 6) is -0.0773. The van der Waals surface area contributed by atoms with E-state index in [4.69, 9.17) is 0 Å². The van der Waals surface area contributed by atoms with Crippen molar-refractivity contribution in [2.45, 2.75) is 212 Å². The highest BCUT2D eigenvalue weighted by Gasteiger charge is 2.17. The number of aliphatic hydroxyl groups is 2. The number of allylic oxidation sites excluding steroid dienone is 3. The second kappa shape index (κ2) is 35.4. The van der Waals surface area contributed by atoms with Crippen LogP contribution in [0, 0.1) is 0 Å². The molecule has 0 fully saturated rings. The first-order valence-corrected chi connectivity index (χ1v) is 19.1. The molecule has 0 bridgehead atoms. The molecule has 43 heavy (non-hydrogen) atoms. The molecule has 0 heterocycles. The second-order valence-corrected chi connectivity index (χ2v) is 13.0. The van der Waals surface area contributed by atoms with Crippen molar-refractivity contribution < 1.29 is 15.0 Å². The third kappa shape index (κ3) is 32.1. The van der Waals surface area contributed by atoms with Crippen LogP contribution >= 0.6 is 0 Å². The summed E-state index contributed by atoms with van der Waals surface area (Å²) in [6, 6.07) is -0.632. The van der Waals surface area contributed by atoms with Gasteiger partial charge in [-0.3, -0.25) is 4.79 Å². The highest BCUT2D eigenvalue weighted by Crippen LogP contribution is 2.14. The minimum Gasteiger partial charge on any atom is -0.394 e. The van der Waals surface area contributed by atoms with E-state index < -0.39 is 12.1 Å². The number of carbonyl (C=O) groups is 1. The molecule has 0 radical (unpaired) electrons. The van der Waals surface area contributed by atoms with Gasteiger partial charge >= 0.3 is 0 Å². The molecule has 0 spiro atoms. The Hall–Kier alpha value is -1.13. The number of hydrogen-bond donors (Lipinski definition) is 3. The maximum absolute atomic E-state index is 12.2. The minimum atomic E-state index is -0.855. The molecular formula is C39H75NO3. The molecule has 0 rings (SSSR count). The van der Waals surface area contributed by atoms with Crippen molar-refractivity contribution in [1.82, 2.24) is 5.32 Å². The Morgan fingerprint density at radius 1 is 0.535 bits per heavy atom. The fraction of sp³-hybridized carbons (Fsp3) is 0.872. The first-order chi connectivity index (χ1) is 21.2. The summed E-state index contributed by atoms with van der Waals surface area (Å²) < 4.78 is 0. The summed E-state index contributed by atoms with van der Waals surface area (Å²) >= 11 is 0. The first kappa shape index (κ1) is 41.9. The van der Waals surface area contributed by atoms with E-state index in [-0.39, 0.29) is 12.5 Å². The number of nitrogens with one attached hydrogen (secondary N) is 1. The Bertz CT molecular complexity index is 618. The molecule has 0 saturated heterocycles. The summed E-state index contributed by atoms with van der Waals surface area (Å²) in [5.41, 5.74) is 0. The van der Waals surface area contributed by atoms with Gasteiger partial charge in [0, 0.05) is 6.42 Å². The molecular weight excluding hydrogens is 530 g/mol. The molecule has 4 heteroatoms. The van der Waals surface area contributed by atoms with Gasteiger partial charge < -0.3 is 15.5 Å². The lowest BCUT2D eigenvalue weighted by atomic mass is 10.0. The van der Waals surface area contributed by atoms with E-state index in [1.165, 1.54) is 148 Å². The molecule has 254 valence electrons. The Balaban J connectivity index is 3.59. The number of carbonyl (C=O) groups excluding carboxylic acids is 1. The summed E-state index contributed by atoms with van der Waals surface area (Å²) in [4.78, 5) is 12.2. The standard InChI is InChI=1S/C39H75NO3/c1-3-5-7-9-11-13-14-15-16-17-18-19-20-21-22-23-24-25-27-28-30-32-34-38(42)37(36-41)40-39(43)35-33-31-29-26-12-10-8-6-4-2/h25,27,32,34,37-38,41-42H,3-24,26,28-31,33,35-36H2,1-2H3,(H,40,43)/b27-25+,34-32+. The highest BCUT2D eigenvalue weighted by molar-refractivity contribution is 5.76. The second-order valence-electron chi connectivity index (χ2n) is 13.0. The van der Waals surface area contributed by atoms with Gasteiger partial charge in [-0.05, 0) is 32.1 Å². The molecule has 4 nitrogen and oxygen atoms in total. The molecule has 3 N–H and O–H groups in total. The monoisotopic (exact) mass is 606 g/mol. The Labute approximate surface area is 269 Å². The van der Waals surface area contributed by atoms with Crippen LogP contribution in [0.5, 0.6) is 0 Å². The number of amides is 1. The van der Waals surface area contributed by atoms with Crippen molar-refractivity contribution in [2.24, 2.45) is 0 Å². The van der Waals surface area contributed by atoms with Gasteiger partial charge in [0.25, 0.3) is 0 Å². The molecule has 0 aliphatic heterocycles. The topological polar surface area (TPSA) is 69.6 Å². The summed E-state index contributed by atoms with van der Waals surface area (Å²) in [6.45, 7) is 4.27. The molecule has 0 aromatic heterocycles. The van der Waals surface area contributed by atoms with Crippen LogP contribution in [0.3, 0.4) is 0 Å². The molecule has 2 unspecified atom stereocenters. The number of rotatable bonds is 34. The van der Waals surface area contributed by atoms with Crippen LogP contribution in [0.1, 0.15) is 200 Å². The summed E-state index contributed by atoms with van der Waals surface area (Å²) in [7, 11) is 0. The van der Waals surface area contributed by atoms with E-state index >= 15 is 0 Å². The van der Waals surface area contributed by atoms with Gasteiger partial charge in [0.05, 0.1) is 18.8 Å². The van der Waals surface area contributed by atoms with Crippen LogP contribution in [-0.4, -0.2) is 34.9 Å². The van der Waals surface area contributed by atoms with Gasteiger partial charge in [-0.1, -0.05) is 186 Å². The minimum absolute atomic E-state index is 0.0773. The van der Waals surface area contributed by atoms with E-state index in [1.54, 1.807) is 6.08 Å². The van der Waals surface area contributed by atoms with E-state index in [1.807, 2.05) is 6.08 Å². The van der Waals surface area contributed by atoms with Gasteiger partial charge in [0.15, 0.2) is 0 Å². The quantitative estimate of drug-likeness (QED) is 0.0505. The van der Waals surface area contributed by atoms with Gasteiger partial charge in [-0.15, -0.1) is 0 Å². The molecule has 0 saturated carbocycles. The smallest absolute Gasteiger partial charge is 0.220 e. The zero-order chi connectivity index (χ0) is 31.5. The number of hydrogen-bond acceptors (Lipinski definition) is 3. The zero-order valence-electron chi connectivity index (χ0n) is 29.0. The van der Waals surface area contributed by atoms with Crippen LogP contribution in [0.2, 0.25) is 0 Å². The lowest BCUT2D eigenvalue weighted by Gasteiger charge is -2.19. The van der Waals surface area contributed by atoms with Crippen LogP contribution in [0.25, 0.3) is 0 Å². The Morgan fingerprint density at radius 3 is 1.35 bits per heavy atom. The van der Waals surface area contributed by atoms with Crippen molar-refractivity contribution in [2.75, 3.05) is 6.61 Å². The van der Waals surface area contributed by atoms with Crippen LogP contribution in [0.4, 0.5) is 0 Å². The summed E-state index contributed by atoms with van der Waals surface area (Å²) in [5, 5.41) is 22.8. The predicted octanol–water partition coefficient (Wildman–Crippen LogP) is 11.3. The van der Waals surface area contributed by atoms with E-state index in [9.17, 15) is 15.0 Å². The maximum Gasteiger partial charge on any atom is 0.220 e. The fourth-order valence-electron chi connectivity index (χ4n) is 5.72. The summed E-state index contributed by atoms with van der Waals surface area (Å²) in [6.07, 6.45) is 44.2. The van der Waals surface area contributed by atoms with Crippen molar-refractivity contribution in [1.29, 1.82) is 0 Å². The SMILES string of the molecule is CCCCCCCCCCCCCCCCCC/C=C/CC/C=C/C(O)C(CO)NC(=O)CCCCCCCCCCC. The molecule has 0 aromatic carbocycles. The third-order valence-corrected chi connectivity index (χ3v) is 8.69. The average molecular weight is 606 g/mol. The van der Waals surface area contributed by atoms with Crippen molar-refractivity contribution in [3.8, 4) is 0 Å². The van der Waals surface area contributed by atoms with Crippen molar-refractivity contribution in [3.63, 3.8) is 0 Å². The van der Waals surface area contributed by atoms with Crippen LogP contribution < -0.4 is 5.32 Å². The molecule has 0 aliphatic rings. The Morgan fingerprint density at radius 2 is 0.907 bits per heavy atom. The van der Waals surface area contributed by atoms with Crippen LogP contribution in [-0.2, 0) is 4.79 Å². The van der Waals surface area contributed by atoms with E-state index in [0.717, 1.165) is 32.1 Å². The van der Waals surface area contributed by atoms with Crippen molar-refractivity contribution >= 4 is 5.91 Å². The largest absolute Gasteiger partial charge is 0.394 e. The van der Waals surface area contributed by atoms with E-state index in [0.29, 0.717) is 6.42 Å². The lowest BCUT2D eigenvalue weighted by molar-refractivity contribution is -0.123.